The number of phenols is 3. The van der Waals surface area contributed by atoms with E-state index in [1.165, 1.54) is 12.3 Å². The van der Waals surface area contributed by atoms with Crippen LogP contribution in [0.5, 0.6) is 17.2 Å². The molecule has 8 heteroatoms. The van der Waals surface area contributed by atoms with Gasteiger partial charge in [0.25, 0.3) is 0 Å². The van der Waals surface area contributed by atoms with E-state index in [-0.39, 0.29) is 22.5 Å². The highest BCUT2D eigenvalue weighted by Crippen LogP contribution is 2.60. The largest absolute Gasteiger partial charge is 0.504 e. The lowest BCUT2D eigenvalue weighted by molar-refractivity contribution is -0.149. The molecular weight excluding hydrogens is 368 g/mol. The van der Waals surface area contributed by atoms with Crippen molar-refractivity contribution >= 4 is 11.6 Å². The maximum absolute atomic E-state index is 13.4. The molecule has 0 spiro atoms. The van der Waals surface area contributed by atoms with E-state index >= 15 is 0 Å². The third kappa shape index (κ3) is 1.67. The molecule has 28 heavy (non-hydrogen) atoms. The smallest absolute Gasteiger partial charge is 0.219 e. The lowest BCUT2D eigenvalue weighted by atomic mass is 9.70. The number of hydrogen-bond donors (Lipinski definition) is 4. The predicted molar refractivity (Wildman–Crippen MR) is 92.6 cm³/mol. The summed E-state index contributed by atoms with van der Waals surface area (Å²) in [6, 6.07) is 0.910. The van der Waals surface area contributed by atoms with Crippen molar-refractivity contribution < 1.29 is 39.5 Å². The van der Waals surface area contributed by atoms with Gasteiger partial charge in [-0.2, -0.15) is 0 Å². The number of benzene rings is 1. The quantitative estimate of drug-likeness (QED) is 0.426. The Morgan fingerprint density at radius 1 is 1.07 bits per heavy atom. The Labute approximate surface area is 157 Å². The minimum Gasteiger partial charge on any atom is -0.504 e. The van der Waals surface area contributed by atoms with Gasteiger partial charge in [0, 0.05) is 5.56 Å². The van der Waals surface area contributed by atoms with Crippen LogP contribution >= 0.6 is 0 Å². The SMILES string of the molecule is CC1=CC2(O)OC1(C1=CCC=CO1)C1=C2C(=O)c2c(cc(O)c(O)c2O)C1=O. The van der Waals surface area contributed by atoms with Gasteiger partial charge in [-0.05, 0) is 43.2 Å². The van der Waals surface area contributed by atoms with E-state index in [1.807, 2.05) is 0 Å². The number of allylic oxidation sites excluding steroid dienone is 2. The van der Waals surface area contributed by atoms with Crippen LogP contribution < -0.4 is 0 Å². The van der Waals surface area contributed by atoms with Gasteiger partial charge in [0.2, 0.25) is 11.5 Å². The van der Waals surface area contributed by atoms with Crippen LogP contribution in [0, 0.1) is 0 Å². The summed E-state index contributed by atoms with van der Waals surface area (Å²) in [5, 5.41) is 40.8. The summed E-state index contributed by atoms with van der Waals surface area (Å²) in [6.45, 7) is 1.64. The Bertz CT molecular complexity index is 1140. The first-order valence-corrected chi connectivity index (χ1v) is 8.49. The molecule has 3 heterocycles. The number of hydrogen-bond acceptors (Lipinski definition) is 8. The van der Waals surface area contributed by atoms with Crippen LogP contribution in [0.3, 0.4) is 0 Å². The first-order valence-electron chi connectivity index (χ1n) is 8.49. The van der Waals surface area contributed by atoms with Crippen LogP contribution in [0.25, 0.3) is 0 Å². The first kappa shape index (κ1) is 16.8. The zero-order chi connectivity index (χ0) is 20.0. The number of fused-ring (bicyclic) bond motifs is 5. The summed E-state index contributed by atoms with van der Waals surface area (Å²) in [4.78, 5) is 26.5. The number of carbonyl (C=O) groups is 2. The second-order valence-electron chi connectivity index (χ2n) is 7.02. The van der Waals surface area contributed by atoms with Crippen LogP contribution in [0.1, 0.15) is 34.1 Å². The van der Waals surface area contributed by atoms with Crippen LogP contribution in [-0.4, -0.2) is 43.4 Å². The van der Waals surface area contributed by atoms with Crippen molar-refractivity contribution in [3.63, 3.8) is 0 Å². The molecule has 8 nitrogen and oxygen atoms in total. The minimum atomic E-state index is -2.19. The van der Waals surface area contributed by atoms with Gasteiger partial charge in [0.1, 0.15) is 5.76 Å². The Morgan fingerprint density at radius 3 is 2.50 bits per heavy atom. The number of aliphatic hydroxyl groups is 1. The Balaban J connectivity index is 1.82. The molecule has 1 aromatic carbocycles. The van der Waals surface area contributed by atoms with Gasteiger partial charge < -0.3 is 29.9 Å². The zero-order valence-electron chi connectivity index (χ0n) is 14.5. The van der Waals surface area contributed by atoms with Gasteiger partial charge in [0.15, 0.2) is 28.7 Å². The summed E-state index contributed by atoms with van der Waals surface area (Å²) in [6.07, 6.45) is 6.67. The van der Waals surface area contributed by atoms with Crippen molar-refractivity contribution in [2.24, 2.45) is 0 Å². The highest BCUT2D eigenvalue weighted by Gasteiger charge is 2.67. The number of Topliss-reactive ketones (excluding diaryl/α,β-unsaturated/α-hetero) is 2. The van der Waals surface area contributed by atoms with Crippen molar-refractivity contribution in [1.82, 2.24) is 0 Å². The molecule has 0 fully saturated rings. The maximum Gasteiger partial charge on any atom is 0.219 e. The van der Waals surface area contributed by atoms with E-state index in [1.54, 1.807) is 19.1 Å². The van der Waals surface area contributed by atoms with Gasteiger partial charge >= 0.3 is 0 Å². The molecule has 0 saturated heterocycles. The molecule has 142 valence electrons. The minimum absolute atomic E-state index is 0.126. The van der Waals surface area contributed by atoms with E-state index in [2.05, 4.69) is 0 Å². The lowest BCUT2D eigenvalue weighted by Gasteiger charge is -2.33. The average molecular weight is 382 g/mol. The van der Waals surface area contributed by atoms with Crippen molar-refractivity contribution in [2.45, 2.75) is 24.7 Å². The molecule has 1 aromatic rings. The molecule has 4 N–H and O–H groups in total. The molecular formula is C20H14O8. The van der Waals surface area contributed by atoms with Gasteiger partial charge in [-0.15, -0.1) is 0 Å². The van der Waals surface area contributed by atoms with E-state index in [0.29, 0.717) is 12.0 Å². The van der Waals surface area contributed by atoms with Gasteiger partial charge in [-0.1, -0.05) is 0 Å². The average Bonchev–Trinajstić information content (AvgIpc) is 3.10. The monoisotopic (exact) mass is 382 g/mol. The third-order valence-corrected chi connectivity index (χ3v) is 5.49. The molecule has 2 unspecified atom stereocenters. The molecule has 0 saturated carbocycles. The Hall–Kier alpha value is -3.36. The van der Waals surface area contributed by atoms with Crippen molar-refractivity contribution in [3.8, 4) is 17.2 Å². The van der Waals surface area contributed by atoms with Crippen LogP contribution in [-0.2, 0) is 9.47 Å². The number of phenolic OH excluding ortho intramolecular Hbond substituents is 3. The second kappa shape index (κ2) is 4.92. The standard InChI is InChI=1S/C20H14O8/c1-8-7-19(26)13-14(20(8,28-19)11-4-2-3-5-27-11)15(22)9-6-10(21)16(23)18(25)12(9)17(13)24/h3-7,21,23,25-26H,2H2,1H3. The van der Waals surface area contributed by atoms with Crippen molar-refractivity contribution in [1.29, 1.82) is 0 Å². The number of carbonyl (C=O) groups excluding carboxylic acids is 2. The number of aromatic hydroxyl groups is 3. The number of ether oxygens (including phenoxy) is 2. The molecule has 0 amide bonds. The summed E-state index contributed by atoms with van der Waals surface area (Å²) < 4.78 is 11.4. The van der Waals surface area contributed by atoms with E-state index in [4.69, 9.17) is 9.47 Å². The fourth-order valence-corrected chi connectivity index (χ4v) is 4.32. The van der Waals surface area contributed by atoms with Gasteiger partial charge in [0.05, 0.1) is 23.0 Å². The second-order valence-corrected chi connectivity index (χ2v) is 7.02. The third-order valence-electron chi connectivity index (χ3n) is 5.49. The summed E-state index contributed by atoms with van der Waals surface area (Å²) in [5.41, 5.74) is -2.39. The lowest BCUT2D eigenvalue weighted by Crippen LogP contribution is -2.39. The normalized spacial score (nSPS) is 30.1. The predicted octanol–water partition coefficient (Wildman–Crippen LogP) is 1.71. The zero-order valence-corrected chi connectivity index (χ0v) is 14.5. The molecule has 3 aliphatic heterocycles. The van der Waals surface area contributed by atoms with E-state index in [0.717, 1.165) is 6.07 Å². The molecule has 0 aromatic heterocycles. The van der Waals surface area contributed by atoms with Crippen LogP contribution in [0.15, 0.2) is 53.0 Å². The fourth-order valence-electron chi connectivity index (χ4n) is 4.32. The highest BCUT2D eigenvalue weighted by molar-refractivity contribution is 6.31. The summed E-state index contributed by atoms with van der Waals surface area (Å²) in [5.74, 6) is -6.16. The van der Waals surface area contributed by atoms with Gasteiger partial charge in [-0.3, -0.25) is 9.59 Å². The van der Waals surface area contributed by atoms with Crippen LogP contribution in [0.4, 0.5) is 0 Å². The van der Waals surface area contributed by atoms with Crippen molar-refractivity contribution in [2.75, 3.05) is 0 Å². The topological polar surface area (TPSA) is 134 Å². The Kier molecular flexibility index (Phi) is 2.95. The molecule has 4 aliphatic rings. The molecule has 1 aliphatic carbocycles. The number of ketones is 2. The molecule has 0 radical (unpaired) electrons. The molecule has 2 atom stereocenters. The van der Waals surface area contributed by atoms with Gasteiger partial charge in [-0.25, -0.2) is 0 Å². The Morgan fingerprint density at radius 2 is 1.82 bits per heavy atom. The molecule has 2 bridgehead atoms. The fraction of sp³-hybridized carbons (Fsp3) is 0.200. The first-order chi connectivity index (χ1) is 13.2. The molecule has 5 rings (SSSR count). The van der Waals surface area contributed by atoms with Crippen molar-refractivity contribution in [3.05, 3.63) is 64.2 Å². The summed E-state index contributed by atoms with van der Waals surface area (Å²) in [7, 11) is 0. The maximum atomic E-state index is 13.4. The van der Waals surface area contributed by atoms with E-state index in [9.17, 15) is 30.0 Å². The van der Waals surface area contributed by atoms with E-state index < -0.39 is 45.8 Å². The summed E-state index contributed by atoms with van der Waals surface area (Å²) >= 11 is 0. The number of rotatable bonds is 1. The van der Waals surface area contributed by atoms with Crippen LogP contribution in [0.2, 0.25) is 0 Å². The highest BCUT2D eigenvalue weighted by atomic mass is 16.7.